The fraction of sp³-hybridized carbons (Fsp3) is 0.364. The lowest BCUT2D eigenvalue weighted by atomic mass is 10.1. The highest BCUT2D eigenvalue weighted by molar-refractivity contribution is 6.38. The van der Waals surface area contributed by atoms with Gasteiger partial charge in [0.2, 0.25) is 0 Å². The molecule has 1 aromatic rings. The molecule has 0 bridgehead atoms. The van der Waals surface area contributed by atoms with Crippen LogP contribution in [0.4, 0.5) is 5.69 Å². The standard InChI is InChI=1S/C9H10Cl2N2O2.C2H7NO.ClH/c1-13(15-2)9(14)7-5(10)3-4-6(11)8(7)12;1-3-4-2;/h3-4H,12H2,1-2H3;3H,1-2H3;1H. The molecule has 1 aromatic carbocycles. The van der Waals surface area contributed by atoms with Gasteiger partial charge < -0.3 is 10.6 Å². The van der Waals surface area contributed by atoms with E-state index in [1.54, 1.807) is 14.2 Å². The van der Waals surface area contributed by atoms with Gasteiger partial charge in [0.1, 0.15) is 0 Å². The molecule has 1 amide bonds. The van der Waals surface area contributed by atoms with Crippen LogP contribution in [-0.4, -0.2) is 39.3 Å². The summed E-state index contributed by atoms with van der Waals surface area (Å²) in [7, 11) is 6.10. The van der Waals surface area contributed by atoms with Gasteiger partial charge in [-0.05, 0) is 12.1 Å². The summed E-state index contributed by atoms with van der Waals surface area (Å²) in [5.41, 5.74) is 8.39. The molecular weight excluding hydrogens is 328 g/mol. The third kappa shape index (κ3) is 6.13. The smallest absolute Gasteiger partial charge is 0.280 e. The molecule has 0 heterocycles. The molecule has 9 heteroatoms. The summed E-state index contributed by atoms with van der Waals surface area (Å²) >= 11 is 11.6. The van der Waals surface area contributed by atoms with Crippen molar-refractivity contribution in [3.63, 3.8) is 0 Å². The minimum atomic E-state index is -0.442. The molecule has 3 N–H and O–H groups in total. The SMILES string of the molecule is CNOC.CON(C)C(=O)c1c(Cl)ccc(Cl)c1N.Cl. The van der Waals surface area contributed by atoms with Crippen molar-refractivity contribution in [3.05, 3.63) is 27.7 Å². The van der Waals surface area contributed by atoms with Crippen molar-refractivity contribution in [3.8, 4) is 0 Å². The van der Waals surface area contributed by atoms with Crippen LogP contribution >= 0.6 is 35.6 Å². The van der Waals surface area contributed by atoms with Gasteiger partial charge in [-0.1, -0.05) is 23.2 Å². The number of nitrogens with zero attached hydrogens (tertiary/aromatic N) is 1. The Balaban J connectivity index is 0. The van der Waals surface area contributed by atoms with Crippen LogP contribution in [0.15, 0.2) is 12.1 Å². The second kappa shape index (κ2) is 11.0. The average Bonchev–Trinajstić information content (AvgIpc) is 2.42. The molecule has 1 rings (SSSR count). The van der Waals surface area contributed by atoms with E-state index in [0.29, 0.717) is 0 Å². The Hall–Kier alpha value is -0.760. The Bertz CT molecular complexity index is 431. The van der Waals surface area contributed by atoms with Crippen LogP contribution in [0.5, 0.6) is 0 Å². The van der Waals surface area contributed by atoms with E-state index in [9.17, 15) is 4.79 Å². The number of nitrogen functional groups attached to an aromatic ring is 1. The van der Waals surface area contributed by atoms with E-state index in [1.807, 2.05) is 0 Å². The summed E-state index contributed by atoms with van der Waals surface area (Å²) in [5.74, 6) is -0.442. The minimum Gasteiger partial charge on any atom is -0.397 e. The predicted octanol–water partition coefficient (Wildman–Crippen LogP) is 2.40. The molecule has 116 valence electrons. The number of rotatable bonds is 3. The number of hydrogen-bond acceptors (Lipinski definition) is 5. The first-order valence-corrected chi connectivity index (χ1v) is 5.91. The average molecular weight is 347 g/mol. The number of benzene rings is 1. The van der Waals surface area contributed by atoms with Crippen molar-refractivity contribution < 1.29 is 14.5 Å². The summed E-state index contributed by atoms with van der Waals surface area (Å²) in [6.07, 6.45) is 0. The summed E-state index contributed by atoms with van der Waals surface area (Å²) in [5, 5.41) is 1.55. The maximum Gasteiger partial charge on any atom is 0.280 e. The first-order chi connectivity index (χ1) is 8.90. The van der Waals surface area contributed by atoms with Crippen LogP contribution < -0.4 is 11.2 Å². The molecule has 0 saturated carbocycles. The summed E-state index contributed by atoms with van der Waals surface area (Å²) in [6.45, 7) is 0. The molecule has 0 spiro atoms. The van der Waals surface area contributed by atoms with Crippen molar-refractivity contribution in [2.24, 2.45) is 0 Å². The van der Waals surface area contributed by atoms with Crippen LogP contribution in [0.25, 0.3) is 0 Å². The molecule has 0 fully saturated rings. The lowest BCUT2D eigenvalue weighted by molar-refractivity contribution is -0.0756. The number of nitrogens with one attached hydrogen (secondary N) is 1. The van der Waals surface area contributed by atoms with Crippen LogP contribution in [0.1, 0.15) is 10.4 Å². The van der Waals surface area contributed by atoms with Crippen molar-refractivity contribution in [2.75, 3.05) is 34.0 Å². The number of hydroxylamine groups is 3. The maximum atomic E-state index is 11.7. The fourth-order valence-corrected chi connectivity index (χ4v) is 1.43. The number of nitrogens with two attached hydrogens (primary N) is 1. The zero-order valence-corrected chi connectivity index (χ0v) is 13.9. The molecule has 0 aliphatic heterocycles. The minimum absolute atomic E-state index is 0. The first-order valence-electron chi connectivity index (χ1n) is 5.16. The topological polar surface area (TPSA) is 76.8 Å². The molecule has 0 aliphatic carbocycles. The first kappa shape index (κ1) is 21.5. The Morgan fingerprint density at radius 3 is 2.15 bits per heavy atom. The highest BCUT2D eigenvalue weighted by atomic mass is 35.5. The number of amides is 1. The maximum absolute atomic E-state index is 11.7. The van der Waals surface area contributed by atoms with Gasteiger partial charge in [-0.15, -0.1) is 12.4 Å². The molecule has 20 heavy (non-hydrogen) atoms. The second-order valence-corrected chi connectivity index (χ2v) is 4.03. The largest absolute Gasteiger partial charge is 0.397 e. The van der Waals surface area contributed by atoms with Crippen LogP contribution in [-0.2, 0) is 9.68 Å². The van der Waals surface area contributed by atoms with Gasteiger partial charge >= 0.3 is 0 Å². The Labute approximate surface area is 134 Å². The van der Waals surface area contributed by atoms with E-state index < -0.39 is 5.91 Å². The zero-order valence-electron chi connectivity index (χ0n) is 11.6. The Kier molecular flexibility index (Phi) is 11.8. The van der Waals surface area contributed by atoms with Gasteiger partial charge in [0, 0.05) is 14.1 Å². The molecule has 0 unspecified atom stereocenters. The number of anilines is 1. The van der Waals surface area contributed by atoms with Crippen molar-refractivity contribution in [1.29, 1.82) is 0 Å². The molecule has 0 aliphatic rings. The molecule has 0 saturated heterocycles. The highest BCUT2D eigenvalue weighted by Crippen LogP contribution is 2.30. The summed E-state index contributed by atoms with van der Waals surface area (Å²) in [6, 6.07) is 3.04. The van der Waals surface area contributed by atoms with Crippen LogP contribution in [0.3, 0.4) is 0 Å². The fourth-order valence-electron chi connectivity index (χ4n) is 1.03. The molecule has 0 atom stereocenters. The second-order valence-electron chi connectivity index (χ2n) is 3.21. The normalized spacial score (nSPS) is 9.10. The van der Waals surface area contributed by atoms with E-state index in [-0.39, 0.29) is 33.7 Å². The van der Waals surface area contributed by atoms with E-state index >= 15 is 0 Å². The Morgan fingerprint density at radius 2 is 1.75 bits per heavy atom. The highest BCUT2D eigenvalue weighted by Gasteiger charge is 2.19. The van der Waals surface area contributed by atoms with Crippen LogP contribution in [0, 0.1) is 0 Å². The third-order valence-corrected chi connectivity index (χ3v) is 2.76. The number of hydrogen-bond donors (Lipinski definition) is 2. The number of carbonyl (C=O) groups is 1. The molecular formula is C11H18Cl3N3O3. The van der Waals surface area contributed by atoms with Crippen LogP contribution in [0.2, 0.25) is 10.0 Å². The van der Waals surface area contributed by atoms with Gasteiger partial charge in [-0.25, -0.2) is 10.5 Å². The molecule has 0 radical (unpaired) electrons. The van der Waals surface area contributed by atoms with Gasteiger partial charge in [-0.3, -0.25) is 9.63 Å². The van der Waals surface area contributed by atoms with Gasteiger partial charge in [0.25, 0.3) is 5.91 Å². The zero-order chi connectivity index (χ0) is 15.0. The summed E-state index contributed by atoms with van der Waals surface area (Å²) < 4.78 is 0. The van der Waals surface area contributed by atoms with Gasteiger partial charge in [0.15, 0.2) is 0 Å². The van der Waals surface area contributed by atoms with Gasteiger partial charge in [0.05, 0.1) is 35.5 Å². The van der Waals surface area contributed by atoms with Crippen molar-refractivity contribution in [1.82, 2.24) is 10.5 Å². The van der Waals surface area contributed by atoms with E-state index in [1.165, 1.54) is 26.3 Å². The predicted molar refractivity (Wildman–Crippen MR) is 83.3 cm³/mol. The quantitative estimate of drug-likeness (QED) is 0.649. The van der Waals surface area contributed by atoms with Crippen molar-refractivity contribution >= 4 is 47.2 Å². The van der Waals surface area contributed by atoms with E-state index in [0.717, 1.165) is 5.06 Å². The number of carbonyl (C=O) groups excluding carboxylic acids is 1. The van der Waals surface area contributed by atoms with Crippen molar-refractivity contribution in [2.45, 2.75) is 0 Å². The number of halogens is 3. The monoisotopic (exact) mass is 345 g/mol. The van der Waals surface area contributed by atoms with E-state index in [2.05, 4.69) is 10.3 Å². The van der Waals surface area contributed by atoms with E-state index in [4.69, 9.17) is 33.8 Å². The lowest BCUT2D eigenvalue weighted by Gasteiger charge is -2.16. The lowest BCUT2D eigenvalue weighted by Crippen LogP contribution is -2.26. The summed E-state index contributed by atoms with van der Waals surface area (Å²) in [4.78, 5) is 20.8. The Morgan fingerprint density at radius 1 is 1.30 bits per heavy atom. The molecule has 6 nitrogen and oxygen atoms in total. The van der Waals surface area contributed by atoms with Gasteiger partial charge in [-0.2, -0.15) is 0 Å². The third-order valence-electron chi connectivity index (χ3n) is 2.12. The molecule has 0 aromatic heterocycles.